The molecule has 4 aromatic rings. The summed E-state index contributed by atoms with van der Waals surface area (Å²) in [4.78, 5) is 22.7. The quantitative estimate of drug-likeness (QED) is 0.284. The van der Waals surface area contributed by atoms with E-state index in [4.69, 9.17) is 8.85 Å². The molecule has 0 saturated heterocycles. The third kappa shape index (κ3) is 5.20. The Kier molecular flexibility index (Phi) is 5.70. The number of hydrogen-bond acceptors (Lipinski definition) is 11. The number of carbonyl (C=O) groups excluding carboxylic acids is 1. The largest absolute Gasteiger partial charge is 0.492 e. The summed E-state index contributed by atoms with van der Waals surface area (Å²) < 4.78 is 27.8. The molecular formula is C23H26N10O3. The Morgan fingerprint density at radius 2 is 1.94 bits per heavy atom. The summed E-state index contributed by atoms with van der Waals surface area (Å²) in [6.07, 6.45) is 4.59. The summed E-state index contributed by atoms with van der Waals surface area (Å²) in [5, 5.41) is 34.5. The Morgan fingerprint density at radius 3 is 2.64 bits per heavy atom. The van der Waals surface area contributed by atoms with Gasteiger partial charge < -0.3 is 25.8 Å². The molecule has 0 radical (unpaired) electrons. The van der Waals surface area contributed by atoms with Crippen molar-refractivity contribution in [2.24, 2.45) is 7.05 Å². The van der Waals surface area contributed by atoms with Gasteiger partial charge in [0, 0.05) is 36.6 Å². The highest BCUT2D eigenvalue weighted by molar-refractivity contribution is 5.98. The van der Waals surface area contributed by atoms with Crippen molar-refractivity contribution in [3.8, 4) is 17.0 Å². The first kappa shape index (κ1) is 20.7. The molecule has 1 amide bonds. The number of aliphatic hydroxyl groups is 1. The first-order valence-electron chi connectivity index (χ1n) is 12.2. The van der Waals surface area contributed by atoms with Gasteiger partial charge in [-0.1, -0.05) is 0 Å². The molecule has 4 rings (SSSR count). The van der Waals surface area contributed by atoms with Crippen molar-refractivity contribution in [3.63, 3.8) is 0 Å². The summed E-state index contributed by atoms with van der Waals surface area (Å²) in [6, 6.07) is 6.44. The van der Waals surface area contributed by atoms with Gasteiger partial charge in [-0.2, -0.15) is 15.0 Å². The number of nitrogens with zero attached hydrogens (tertiary/aromatic N) is 7. The zero-order chi connectivity index (χ0) is 28.4. The maximum absolute atomic E-state index is 12.8. The van der Waals surface area contributed by atoms with Crippen LogP contribution in [-0.2, 0) is 12.6 Å². The van der Waals surface area contributed by atoms with Gasteiger partial charge in [-0.3, -0.25) is 4.79 Å². The van der Waals surface area contributed by atoms with Crippen LogP contribution in [0.5, 0.6) is 5.75 Å². The topological polar surface area (TPSA) is 165 Å². The molecule has 4 heterocycles. The molecule has 0 fully saturated rings. The molecule has 4 aromatic heterocycles. The van der Waals surface area contributed by atoms with E-state index in [0.717, 1.165) is 0 Å². The number of aromatic nitrogens is 7. The Labute approximate surface area is 211 Å². The maximum Gasteiger partial charge on any atom is 0.273 e. The minimum absolute atomic E-state index is 0.0787. The number of hydrogen-bond donors (Lipinski definition) is 4. The third-order valence-corrected chi connectivity index (χ3v) is 5.08. The predicted octanol–water partition coefficient (Wildman–Crippen LogP) is 2.14. The van der Waals surface area contributed by atoms with E-state index in [9.17, 15) is 9.90 Å². The smallest absolute Gasteiger partial charge is 0.273 e. The Balaban J connectivity index is 1.75. The molecule has 36 heavy (non-hydrogen) atoms. The van der Waals surface area contributed by atoms with Gasteiger partial charge in [0.15, 0.2) is 23.1 Å². The zero-order valence-corrected chi connectivity index (χ0v) is 19.9. The predicted molar refractivity (Wildman–Crippen MR) is 132 cm³/mol. The standard InChI is InChI=1S/C23H26N10O3/c1-23(2,35)13-6-8-25-17(10-13)29-18-11-15(19(31-30-18)22(34)24-3)28-21-20(36-5)14(7-9-26-21)16-12-27-33(4)32-16/h6-12,35H,1-5H3,(H,24,34)(H2,25,26,28,29,30)/i3D3. The van der Waals surface area contributed by atoms with E-state index in [0.29, 0.717) is 28.4 Å². The highest BCUT2D eigenvalue weighted by atomic mass is 16.5. The van der Waals surface area contributed by atoms with Crippen molar-refractivity contribution >= 4 is 29.0 Å². The number of ether oxygens (including phenoxy) is 1. The minimum Gasteiger partial charge on any atom is -0.492 e. The van der Waals surface area contributed by atoms with Crippen molar-refractivity contribution in [1.29, 1.82) is 0 Å². The molecule has 13 heteroatoms. The first-order valence-corrected chi connectivity index (χ1v) is 10.7. The summed E-state index contributed by atoms with van der Waals surface area (Å²) in [5.74, 6) is 0.0424. The highest BCUT2D eigenvalue weighted by Crippen LogP contribution is 2.36. The van der Waals surface area contributed by atoms with Gasteiger partial charge in [0.1, 0.15) is 11.5 Å². The Morgan fingerprint density at radius 1 is 1.14 bits per heavy atom. The van der Waals surface area contributed by atoms with Crippen LogP contribution >= 0.6 is 0 Å². The lowest BCUT2D eigenvalue weighted by Crippen LogP contribution is -2.21. The van der Waals surface area contributed by atoms with Crippen molar-refractivity contribution in [1.82, 2.24) is 40.5 Å². The van der Waals surface area contributed by atoms with Gasteiger partial charge in [-0.25, -0.2) is 9.97 Å². The minimum atomic E-state index is -2.75. The number of aryl methyl sites for hydroxylation is 1. The number of rotatable bonds is 8. The first-order chi connectivity index (χ1) is 18.3. The molecular weight excluding hydrogens is 464 g/mol. The maximum atomic E-state index is 12.8. The summed E-state index contributed by atoms with van der Waals surface area (Å²) in [5.41, 5.74) is 0.372. The van der Waals surface area contributed by atoms with Crippen LogP contribution in [0.25, 0.3) is 11.3 Å². The number of methoxy groups -OCH3 is 1. The second-order valence-electron chi connectivity index (χ2n) is 8.14. The van der Waals surface area contributed by atoms with E-state index in [1.807, 2.05) is 5.32 Å². The molecule has 0 bridgehead atoms. The van der Waals surface area contributed by atoms with Crippen molar-refractivity contribution in [3.05, 3.63) is 54.1 Å². The van der Waals surface area contributed by atoms with E-state index in [2.05, 4.69) is 41.0 Å². The van der Waals surface area contributed by atoms with E-state index >= 15 is 0 Å². The third-order valence-electron chi connectivity index (χ3n) is 5.08. The van der Waals surface area contributed by atoms with Gasteiger partial charge in [0.05, 0.1) is 30.2 Å². The second kappa shape index (κ2) is 9.92. The Hall–Kier alpha value is -4.65. The molecule has 0 aliphatic heterocycles. The van der Waals surface area contributed by atoms with Crippen LogP contribution in [0.3, 0.4) is 0 Å². The SMILES string of the molecule is [2H]C([2H])([2H])NC(=O)c1nnc(Nc2cc(C(C)(C)O)ccn2)cc1Nc1nccc(-c2cnn(C)n2)c1OC. The van der Waals surface area contributed by atoms with Crippen LogP contribution in [-0.4, -0.2) is 60.3 Å². The van der Waals surface area contributed by atoms with Crippen LogP contribution < -0.4 is 20.7 Å². The number of nitrogens with one attached hydrogen (secondary N) is 3. The van der Waals surface area contributed by atoms with Gasteiger partial charge in [0.25, 0.3) is 5.91 Å². The number of pyridine rings is 2. The summed E-state index contributed by atoms with van der Waals surface area (Å²) in [6.45, 7) is 0.528. The molecule has 0 unspecified atom stereocenters. The molecule has 0 aromatic carbocycles. The van der Waals surface area contributed by atoms with Crippen molar-refractivity contribution < 1.29 is 18.8 Å². The van der Waals surface area contributed by atoms with E-state index < -0.39 is 18.5 Å². The molecule has 0 atom stereocenters. The van der Waals surface area contributed by atoms with Crippen LogP contribution in [0.15, 0.2) is 42.9 Å². The lowest BCUT2D eigenvalue weighted by molar-refractivity contribution is 0.0785. The normalized spacial score (nSPS) is 12.8. The number of amides is 1. The second-order valence-corrected chi connectivity index (χ2v) is 8.14. The lowest BCUT2D eigenvalue weighted by atomic mass is 10.00. The lowest BCUT2D eigenvalue weighted by Gasteiger charge is -2.18. The summed E-state index contributed by atoms with van der Waals surface area (Å²) >= 11 is 0. The fraction of sp³-hybridized carbons (Fsp3) is 0.261. The summed E-state index contributed by atoms with van der Waals surface area (Å²) in [7, 11) is 3.12. The molecule has 0 aliphatic carbocycles. The average molecular weight is 494 g/mol. The molecule has 4 N–H and O–H groups in total. The van der Waals surface area contributed by atoms with E-state index in [1.165, 1.54) is 30.4 Å². The van der Waals surface area contributed by atoms with Gasteiger partial charge in [-0.15, -0.1) is 10.2 Å². The van der Waals surface area contributed by atoms with Crippen LogP contribution in [0.4, 0.5) is 23.1 Å². The van der Waals surface area contributed by atoms with E-state index in [-0.39, 0.29) is 23.0 Å². The number of anilines is 4. The monoisotopic (exact) mass is 493 g/mol. The molecule has 186 valence electrons. The van der Waals surface area contributed by atoms with Crippen LogP contribution in [0.1, 0.15) is 34.0 Å². The fourth-order valence-corrected chi connectivity index (χ4v) is 3.33. The van der Waals surface area contributed by atoms with Crippen LogP contribution in [0.2, 0.25) is 0 Å². The van der Waals surface area contributed by atoms with Crippen molar-refractivity contribution in [2.45, 2.75) is 19.4 Å². The fourth-order valence-electron chi connectivity index (χ4n) is 3.33. The zero-order valence-electron chi connectivity index (χ0n) is 22.9. The van der Waals surface area contributed by atoms with Crippen LogP contribution in [0, 0.1) is 0 Å². The molecule has 13 nitrogen and oxygen atoms in total. The van der Waals surface area contributed by atoms with E-state index in [1.54, 1.807) is 45.3 Å². The van der Waals surface area contributed by atoms with Gasteiger partial charge >= 0.3 is 0 Å². The highest BCUT2D eigenvalue weighted by Gasteiger charge is 2.20. The van der Waals surface area contributed by atoms with Crippen molar-refractivity contribution in [2.75, 3.05) is 24.7 Å². The molecule has 0 aliphatic rings. The number of carbonyl (C=O) groups is 1. The van der Waals surface area contributed by atoms with Gasteiger partial charge in [-0.05, 0) is 37.6 Å². The Bertz CT molecular complexity index is 1500. The molecule has 0 saturated carbocycles. The average Bonchev–Trinajstić information content (AvgIpc) is 3.28. The molecule has 0 spiro atoms. The van der Waals surface area contributed by atoms with Gasteiger partial charge in [0.2, 0.25) is 0 Å².